The Balaban J connectivity index is 1.97. The molecule has 0 aromatic heterocycles. The van der Waals surface area contributed by atoms with Gasteiger partial charge in [0.05, 0.1) is 12.7 Å². The summed E-state index contributed by atoms with van der Waals surface area (Å²) >= 11 is 0. The average Bonchev–Trinajstić information content (AvgIpc) is 2.54. The average molecular weight is 282 g/mol. The van der Waals surface area contributed by atoms with E-state index in [9.17, 15) is 9.59 Å². The van der Waals surface area contributed by atoms with E-state index in [-0.39, 0.29) is 0 Å². The molecule has 0 aliphatic heterocycles. The standard InChI is InChI=1S/C17H14O4/c1-20-17(19)14-8-10-15(11-9-14)21-16(18)12-7-13-5-3-2-4-6-13/h2-12H,1H3. The molecule has 21 heavy (non-hydrogen) atoms. The summed E-state index contributed by atoms with van der Waals surface area (Å²) in [6.45, 7) is 0. The van der Waals surface area contributed by atoms with Crippen molar-refractivity contribution in [3.05, 3.63) is 71.8 Å². The predicted molar refractivity (Wildman–Crippen MR) is 78.9 cm³/mol. The zero-order valence-corrected chi connectivity index (χ0v) is 11.5. The molecule has 0 spiro atoms. The fraction of sp³-hybridized carbons (Fsp3) is 0.0588. The number of hydrogen-bond donors (Lipinski definition) is 0. The van der Waals surface area contributed by atoms with Crippen LogP contribution in [0.1, 0.15) is 15.9 Å². The van der Waals surface area contributed by atoms with Crippen molar-refractivity contribution < 1.29 is 19.1 Å². The molecule has 2 aromatic rings. The second-order valence-electron chi connectivity index (χ2n) is 4.18. The van der Waals surface area contributed by atoms with E-state index in [0.29, 0.717) is 11.3 Å². The van der Waals surface area contributed by atoms with Crippen molar-refractivity contribution >= 4 is 18.0 Å². The largest absolute Gasteiger partial charge is 0.465 e. The van der Waals surface area contributed by atoms with Crippen molar-refractivity contribution in [2.24, 2.45) is 0 Å². The molecule has 0 saturated heterocycles. The van der Waals surface area contributed by atoms with E-state index in [1.54, 1.807) is 18.2 Å². The first-order chi connectivity index (χ1) is 10.2. The monoisotopic (exact) mass is 282 g/mol. The van der Waals surface area contributed by atoms with Gasteiger partial charge in [-0.25, -0.2) is 9.59 Å². The number of benzene rings is 2. The van der Waals surface area contributed by atoms with E-state index in [2.05, 4.69) is 4.74 Å². The number of methoxy groups -OCH3 is 1. The molecule has 0 fully saturated rings. The third-order valence-corrected chi connectivity index (χ3v) is 2.71. The van der Waals surface area contributed by atoms with Crippen LogP contribution in [0.4, 0.5) is 0 Å². The first kappa shape index (κ1) is 14.5. The Morgan fingerprint density at radius 2 is 1.62 bits per heavy atom. The molecule has 0 saturated carbocycles. The first-order valence-corrected chi connectivity index (χ1v) is 6.32. The minimum atomic E-state index is -0.482. The Hall–Kier alpha value is -2.88. The molecular weight excluding hydrogens is 268 g/mol. The van der Waals surface area contributed by atoms with E-state index < -0.39 is 11.9 Å². The fourth-order valence-corrected chi connectivity index (χ4v) is 1.66. The van der Waals surface area contributed by atoms with Gasteiger partial charge in [0.1, 0.15) is 5.75 Å². The molecule has 2 aromatic carbocycles. The molecule has 0 bridgehead atoms. The van der Waals surface area contributed by atoms with Crippen molar-refractivity contribution in [1.82, 2.24) is 0 Å². The minimum Gasteiger partial charge on any atom is -0.465 e. The van der Waals surface area contributed by atoms with Crippen LogP contribution in [0.2, 0.25) is 0 Å². The van der Waals surface area contributed by atoms with Crippen LogP contribution in [-0.2, 0) is 9.53 Å². The molecule has 0 aliphatic rings. The van der Waals surface area contributed by atoms with Gasteiger partial charge in [0.25, 0.3) is 0 Å². The van der Waals surface area contributed by atoms with Crippen LogP contribution in [-0.4, -0.2) is 19.0 Å². The third-order valence-electron chi connectivity index (χ3n) is 2.71. The van der Waals surface area contributed by atoms with Crippen LogP contribution < -0.4 is 4.74 Å². The lowest BCUT2D eigenvalue weighted by Crippen LogP contribution is -2.05. The van der Waals surface area contributed by atoms with Gasteiger partial charge in [-0.1, -0.05) is 30.3 Å². The van der Waals surface area contributed by atoms with E-state index in [1.807, 2.05) is 30.3 Å². The molecule has 0 heterocycles. The van der Waals surface area contributed by atoms with Crippen LogP contribution in [0.3, 0.4) is 0 Å². The summed E-state index contributed by atoms with van der Waals surface area (Å²) in [5, 5.41) is 0. The first-order valence-electron chi connectivity index (χ1n) is 6.32. The number of rotatable bonds is 4. The summed E-state index contributed by atoms with van der Waals surface area (Å²) in [7, 11) is 1.31. The molecule has 2 rings (SSSR count). The Morgan fingerprint density at radius 3 is 2.24 bits per heavy atom. The van der Waals surface area contributed by atoms with E-state index in [0.717, 1.165) is 5.56 Å². The summed E-state index contributed by atoms with van der Waals surface area (Å²) in [6.07, 6.45) is 3.02. The third kappa shape index (κ3) is 4.31. The predicted octanol–water partition coefficient (Wildman–Crippen LogP) is 3.09. The highest BCUT2D eigenvalue weighted by atomic mass is 16.5. The molecule has 0 N–H and O–H groups in total. The highest BCUT2D eigenvalue weighted by Gasteiger charge is 2.06. The summed E-state index contributed by atoms with van der Waals surface area (Å²) in [5.41, 5.74) is 1.31. The van der Waals surface area contributed by atoms with Crippen LogP contribution in [0, 0.1) is 0 Å². The van der Waals surface area contributed by atoms with Crippen molar-refractivity contribution in [3.8, 4) is 5.75 Å². The maximum absolute atomic E-state index is 11.7. The SMILES string of the molecule is COC(=O)c1ccc(OC(=O)C=Cc2ccccc2)cc1. The summed E-state index contributed by atoms with van der Waals surface area (Å²) < 4.78 is 9.71. The number of esters is 2. The van der Waals surface area contributed by atoms with Crippen LogP contribution in [0.15, 0.2) is 60.7 Å². The summed E-state index contributed by atoms with van der Waals surface area (Å²) in [5.74, 6) is -0.549. The van der Waals surface area contributed by atoms with E-state index in [1.165, 1.54) is 25.3 Å². The molecule has 106 valence electrons. The van der Waals surface area contributed by atoms with Gasteiger partial charge in [-0.3, -0.25) is 0 Å². The lowest BCUT2D eigenvalue weighted by molar-refractivity contribution is -0.128. The maximum Gasteiger partial charge on any atom is 0.337 e. The maximum atomic E-state index is 11.7. The van der Waals surface area contributed by atoms with Crippen LogP contribution in [0.5, 0.6) is 5.75 Å². The van der Waals surface area contributed by atoms with Gasteiger partial charge in [0, 0.05) is 6.08 Å². The smallest absolute Gasteiger partial charge is 0.337 e. The van der Waals surface area contributed by atoms with Crippen LogP contribution >= 0.6 is 0 Å². The molecular formula is C17H14O4. The number of hydrogen-bond acceptors (Lipinski definition) is 4. The normalized spacial score (nSPS) is 10.3. The van der Waals surface area contributed by atoms with Gasteiger partial charge >= 0.3 is 11.9 Å². The molecule has 0 unspecified atom stereocenters. The fourth-order valence-electron chi connectivity index (χ4n) is 1.66. The Labute approximate surface area is 122 Å². The Kier molecular flexibility index (Phi) is 4.88. The number of carbonyl (C=O) groups excluding carboxylic acids is 2. The highest BCUT2D eigenvalue weighted by molar-refractivity contribution is 5.90. The molecule has 4 heteroatoms. The van der Waals surface area contributed by atoms with Gasteiger partial charge in [-0.2, -0.15) is 0 Å². The van der Waals surface area contributed by atoms with Gasteiger partial charge < -0.3 is 9.47 Å². The minimum absolute atomic E-state index is 0.366. The lowest BCUT2D eigenvalue weighted by atomic mass is 10.2. The van der Waals surface area contributed by atoms with Crippen molar-refractivity contribution in [2.75, 3.05) is 7.11 Å². The molecule has 0 radical (unpaired) electrons. The van der Waals surface area contributed by atoms with Gasteiger partial charge in [-0.05, 0) is 35.9 Å². The second-order valence-corrected chi connectivity index (χ2v) is 4.18. The van der Waals surface area contributed by atoms with Gasteiger partial charge in [-0.15, -0.1) is 0 Å². The van der Waals surface area contributed by atoms with Crippen molar-refractivity contribution in [3.63, 3.8) is 0 Å². The number of ether oxygens (including phenoxy) is 2. The van der Waals surface area contributed by atoms with Crippen molar-refractivity contribution in [2.45, 2.75) is 0 Å². The van der Waals surface area contributed by atoms with Crippen molar-refractivity contribution in [1.29, 1.82) is 0 Å². The van der Waals surface area contributed by atoms with Crippen LogP contribution in [0.25, 0.3) is 6.08 Å². The Morgan fingerprint density at radius 1 is 0.952 bits per heavy atom. The summed E-state index contributed by atoms with van der Waals surface area (Å²) in [6, 6.07) is 15.6. The lowest BCUT2D eigenvalue weighted by Gasteiger charge is -2.02. The number of carbonyl (C=O) groups is 2. The quantitative estimate of drug-likeness (QED) is 0.491. The molecule has 4 nitrogen and oxygen atoms in total. The molecule has 0 amide bonds. The van der Waals surface area contributed by atoms with E-state index in [4.69, 9.17) is 4.74 Å². The zero-order chi connectivity index (χ0) is 15.1. The van der Waals surface area contributed by atoms with Gasteiger partial charge in [0.15, 0.2) is 0 Å². The second kappa shape index (κ2) is 7.05. The molecule has 0 atom stereocenters. The van der Waals surface area contributed by atoms with E-state index >= 15 is 0 Å². The molecule has 0 aliphatic carbocycles. The zero-order valence-electron chi connectivity index (χ0n) is 11.5. The Bertz CT molecular complexity index is 642. The summed E-state index contributed by atoms with van der Waals surface area (Å²) in [4.78, 5) is 22.9. The topological polar surface area (TPSA) is 52.6 Å². The highest BCUT2D eigenvalue weighted by Crippen LogP contribution is 2.13. The van der Waals surface area contributed by atoms with Gasteiger partial charge in [0.2, 0.25) is 0 Å².